The van der Waals surface area contributed by atoms with Crippen LogP contribution in [0.1, 0.15) is 37.5 Å². The maximum Gasteiger partial charge on any atom is 0.275 e. The number of methoxy groups -OCH3 is 1. The number of benzene rings is 1. The highest BCUT2D eigenvalue weighted by Crippen LogP contribution is 2.30. The zero-order valence-corrected chi connectivity index (χ0v) is 18.8. The third-order valence-corrected chi connectivity index (χ3v) is 6.55. The Balaban J connectivity index is 1.61. The summed E-state index contributed by atoms with van der Waals surface area (Å²) in [6.07, 6.45) is 0.781. The van der Waals surface area contributed by atoms with Gasteiger partial charge in [-0.3, -0.25) is 9.36 Å². The van der Waals surface area contributed by atoms with Crippen molar-refractivity contribution in [2.24, 2.45) is 0 Å². The first-order chi connectivity index (χ1) is 14.5. The van der Waals surface area contributed by atoms with Gasteiger partial charge in [0, 0.05) is 23.4 Å². The van der Waals surface area contributed by atoms with Crippen LogP contribution in [0, 0.1) is 0 Å². The van der Waals surface area contributed by atoms with Crippen LogP contribution in [0.25, 0.3) is 16.3 Å². The van der Waals surface area contributed by atoms with E-state index in [0.717, 1.165) is 33.7 Å². The molecule has 30 heavy (non-hydrogen) atoms. The highest BCUT2D eigenvalue weighted by atomic mass is 32.2. The molecule has 8 nitrogen and oxygen atoms in total. The lowest BCUT2D eigenvalue weighted by atomic mass is 10.2. The Kier molecular flexibility index (Phi) is 5.87. The van der Waals surface area contributed by atoms with Gasteiger partial charge < -0.3 is 4.74 Å². The number of fused-ring (bicyclic) bond motifs is 1. The van der Waals surface area contributed by atoms with Gasteiger partial charge in [0.25, 0.3) is 5.56 Å². The van der Waals surface area contributed by atoms with Gasteiger partial charge in [-0.05, 0) is 44.5 Å². The molecular formula is C20H22N6O2S2. The fourth-order valence-electron chi connectivity index (χ4n) is 3.03. The summed E-state index contributed by atoms with van der Waals surface area (Å²) in [7, 11) is 1.65. The second-order valence-electron chi connectivity index (χ2n) is 6.92. The zero-order valence-electron chi connectivity index (χ0n) is 17.2. The van der Waals surface area contributed by atoms with Crippen LogP contribution in [0.5, 0.6) is 5.75 Å². The van der Waals surface area contributed by atoms with Gasteiger partial charge in [0.1, 0.15) is 10.8 Å². The number of aryl methyl sites for hydroxylation is 1. The van der Waals surface area contributed by atoms with E-state index in [4.69, 9.17) is 4.74 Å². The summed E-state index contributed by atoms with van der Waals surface area (Å²) in [5.74, 6) is 2.12. The van der Waals surface area contributed by atoms with Gasteiger partial charge in [0.2, 0.25) is 4.96 Å². The minimum absolute atomic E-state index is 0.157. The maximum absolute atomic E-state index is 12.4. The summed E-state index contributed by atoms with van der Waals surface area (Å²) in [6.45, 7) is 6.21. The largest absolute Gasteiger partial charge is 0.497 e. The predicted octanol–water partition coefficient (Wildman–Crippen LogP) is 3.85. The molecule has 10 heteroatoms. The molecule has 0 saturated heterocycles. The van der Waals surface area contributed by atoms with Gasteiger partial charge >= 0.3 is 0 Å². The molecule has 0 fully saturated rings. The van der Waals surface area contributed by atoms with Crippen molar-refractivity contribution < 1.29 is 4.74 Å². The van der Waals surface area contributed by atoms with Gasteiger partial charge in [-0.2, -0.15) is 9.61 Å². The lowest BCUT2D eigenvalue weighted by Crippen LogP contribution is -2.15. The van der Waals surface area contributed by atoms with E-state index >= 15 is 0 Å². The first-order valence-electron chi connectivity index (χ1n) is 9.61. The van der Waals surface area contributed by atoms with Gasteiger partial charge in [-0.25, -0.2) is 4.98 Å². The maximum atomic E-state index is 12.4. The molecule has 0 N–H and O–H groups in total. The lowest BCUT2D eigenvalue weighted by Gasteiger charge is -2.14. The van der Waals surface area contributed by atoms with E-state index in [1.165, 1.54) is 27.6 Å². The fraction of sp³-hybridized carbons (Fsp3) is 0.350. The SMILES string of the molecule is CCc1nn2c(=O)cc(CSc3nnc(-c4ccc(OC)cc4)n3C(C)C)nc2s1. The van der Waals surface area contributed by atoms with Crippen molar-refractivity contribution in [1.29, 1.82) is 0 Å². The van der Waals surface area contributed by atoms with Crippen molar-refractivity contribution in [2.75, 3.05) is 7.11 Å². The Bertz CT molecular complexity index is 1230. The van der Waals surface area contributed by atoms with E-state index in [9.17, 15) is 4.79 Å². The van der Waals surface area contributed by atoms with Crippen molar-refractivity contribution >= 4 is 28.1 Å². The van der Waals surface area contributed by atoms with Crippen molar-refractivity contribution in [2.45, 2.75) is 44.1 Å². The van der Waals surface area contributed by atoms with Gasteiger partial charge in [-0.1, -0.05) is 30.0 Å². The molecule has 3 heterocycles. The molecule has 0 amide bonds. The molecule has 1 aromatic carbocycles. The Labute approximate surface area is 182 Å². The number of ether oxygens (including phenoxy) is 1. The number of aromatic nitrogens is 6. The summed E-state index contributed by atoms with van der Waals surface area (Å²) in [5, 5.41) is 14.8. The van der Waals surface area contributed by atoms with E-state index in [1.807, 2.05) is 31.2 Å². The average Bonchev–Trinajstić information content (AvgIpc) is 3.36. The average molecular weight is 443 g/mol. The van der Waals surface area contributed by atoms with Crippen LogP contribution < -0.4 is 10.3 Å². The molecule has 0 spiro atoms. The number of hydrogen-bond acceptors (Lipinski definition) is 8. The van der Waals surface area contributed by atoms with Crippen LogP contribution in [0.3, 0.4) is 0 Å². The monoisotopic (exact) mass is 442 g/mol. The van der Waals surface area contributed by atoms with E-state index in [2.05, 4.69) is 38.7 Å². The summed E-state index contributed by atoms with van der Waals surface area (Å²) < 4.78 is 8.71. The molecule has 0 atom stereocenters. The summed E-state index contributed by atoms with van der Waals surface area (Å²) in [4.78, 5) is 17.6. The molecule has 0 aliphatic heterocycles. The normalized spacial score (nSPS) is 11.5. The van der Waals surface area contributed by atoms with Crippen LogP contribution in [-0.2, 0) is 12.2 Å². The highest BCUT2D eigenvalue weighted by Gasteiger charge is 2.18. The molecule has 0 unspecified atom stereocenters. The van der Waals surface area contributed by atoms with Crippen molar-refractivity contribution in [3.05, 3.63) is 51.4 Å². The Morgan fingerprint density at radius 2 is 1.97 bits per heavy atom. The van der Waals surface area contributed by atoms with Gasteiger partial charge in [0.15, 0.2) is 11.0 Å². The zero-order chi connectivity index (χ0) is 21.3. The standard InChI is InChI=1S/C20H22N6O2S2/c1-5-16-24-26-17(27)10-14(21-19(26)30-16)11-29-20-23-22-18(25(20)12(2)3)13-6-8-15(28-4)9-7-13/h6-10,12H,5,11H2,1-4H3. The summed E-state index contributed by atoms with van der Waals surface area (Å²) in [6, 6.07) is 9.49. The molecular weight excluding hydrogens is 420 g/mol. The van der Waals surface area contributed by atoms with Crippen LogP contribution in [0.2, 0.25) is 0 Å². The third kappa shape index (κ3) is 3.97. The van der Waals surface area contributed by atoms with Crippen LogP contribution in [0.15, 0.2) is 40.3 Å². The minimum atomic E-state index is -0.157. The van der Waals surface area contributed by atoms with Crippen molar-refractivity contribution in [3.63, 3.8) is 0 Å². The fourth-order valence-corrected chi connectivity index (χ4v) is 4.85. The van der Waals surface area contributed by atoms with Crippen molar-refractivity contribution in [3.8, 4) is 17.1 Å². The first kappa shape index (κ1) is 20.5. The number of rotatable bonds is 7. The van der Waals surface area contributed by atoms with Gasteiger partial charge in [-0.15, -0.1) is 10.2 Å². The van der Waals surface area contributed by atoms with E-state index in [1.54, 1.807) is 13.2 Å². The number of hydrogen-bond donors (Lipinski definition) is 0. The van der Waals surface area contributed by atoms with Crippen LogP contribution in [-0.4, -0.2) is 36.5 Å². The Morgan fingerprint density at radius 1 is 1.20 bits per heavy atom. The molecule has 4 aromatic rings. The van der Waals surface area contributed by atoms with Gasteiger partial charge in [0.05, 0.1) is 12.8 Å². The molecule has 4 rings (SSSR count). The minimum Gasteiger partial charge on any atom is -0.497 e. The molecule has 3 aromatic heterocycles. The predicted molar refractivity (Wildman–Crippen MR) is 118 cm³/mol. The Morgan fingerprint density at radius 3 is 2.63 bits per heavy atom. The van der Waals surface area contributed by atoms with E-state index < -0.39 is 0 Å². The van der Waals surface area contributed by atoms with E-state index in [0.29, 0.717) is 16.4 Å². The first-order valence-corrected chi connectivity index (χ1v) is 11.4. The Hall–Kier alpha value is -2.72. The quantitative estimate of drug-likeness (QED) is 0.402. The van der Waals surface area contributed by atoms with Crippen LogP contribution in [0.4, 0.5) is 0 Å². The second-order valence-corrected chi connectivity index (χ2v) is 8.90. The summed E-state index contributed by atoms with van der Waals surface area (Å²) in [5.41, 5.74) is 1.52. The van der Waals surface area contributed by atoms with Crippen LogP contribution >= 0.6 is 23.1 Å². The van der Waals surface area contributed by atoms with E-state index in [-0.39, 0.29) is 11.6 Å². The molecule has 156 valence electrons. The molecule has 0 aliphatic rings. The molecule has 0 aliphatic carbocycles. The lowest BCUT2D eigenvalue weighted by molar-refractivity contribution is 0.415. The third-order valence-electron chi connectivity index (χ3n) is 4.52. The molecule has 0 saturated carbocycles. The summed E-state index contributed by atoms with van der Waals surface area (Å²) >= 11 is 2.97. The second kappa shape index (κ2) is 8.57. The van der Waals surface area contributed by atoms with Crippen molar-refractivity contribution in [1.82, 2.24) is 29.4 Å². The number of nitrogens with zero attached hydrogens (tertiary/aromatic N) is 6. The number of thioether (sulfide) groups is 1. The molecule has 0 bridgehead atoms. The smallest absolute Gasteiger partial charge is 0.275 e. The highest BCUT2D eigenvalue weighted by molar-refractivity contribution is 7.98. The molecule has 0 radical (unpaired) electrons. The topological polar surface area (TPSA) is 87.2 Å².